The van der Waals surface area contributed by atoms with Crippen LogP contribution in [0.15, 0.2) is 6.07 Å². The Morgan fingerprint density at radius 3 is 1.05 bits per heavy atom. The number of halogens is 9. The van der Waals surface area contributed by atoms with Crippen LogP contribution < -0.4 is 0 Å². The molecular weight excluding hydrogens is 1290 g/mol. The first-order chi connectivity index (χ1) is 9.68. The van der Waals surface area contributed by atoms with Crippen molar-refractivity contribution in [3.05, 3.63) is 38.2 Å². The molecule has 0 heterocycles. The lowest BCUT2D eigenvalue weighted by atomic mass is 10.1. The van der Waals surface area contributed by atoms with E-state index in [0.717, 1.165) is 0 Å². The summed E-state index contributed by atoms with van der Waals surface area (Å²) < 4.78 is 12.1. The van der Waals surface area contributed by atoms with Crippen LogP contribution in [0, 0.1) is 32.1 Å². The molecule has 0 saturated heterocycles. The van der Waals surface area contributed by atoms with Gasteiger partial charge in [-0.05, 0) is 209 Å². The average molecular weight is 1290 g/mol. The van der Waals surface area contributed by atoms with Gasteiger partial charge in [0.15, 0.2) is 0 Å². The van der Waals surface area contributed by atoms with Crippen LogP contribution in [0.3, 0.4) is 0 Å². The smallest absolute Gasteiger partial charge is 0.0419 e. The van der Waals surface area contributed by atoms with E-state index in [1.807, 2.05) is 0 Å². The Balaban J connectivity index is 3.00. The molecule has 0 spiro atoms. The third-order valence-electron chi connectivity index (χ3n) is 2.57. The third kappa shape index (κ3) is 4.71. The average Bonchev–Trinajstić information content (AvgIpc) is 2.44. The van der Waals surface area contributed by atoms with Crippen molar-refractivity contribution in [2.45, 2.75) is 0 Å². The summed E-state index contributed by atoms with van der Waals surface area (Å²) in [5.41, 5.74) is 2.77. The highest BCUT2D eigenvalue weighted by Gasteiger charge is 2.23. The lowest BCUT2D eigenvalue weighted by Gasteiger charge is -2.18. The SMILES string of the molecule is Ic1cc(I)c(I)c(-c2c(I)c(I)c(I)c(I)c2I)c1I. The third-order valence-corrected chi connectivity index (χ3v) is 18.1. The van der Waals surface area contributed by atoms with Crippen molar-refractivity contribution in [1.82, 2.24) is 0 Å². The van der Waals surface area contributed by atoms with Crippen LogP contribution in [-0.4, -0.2) is 0 Å². The molecule has 2 rings (SSSR count). The van der Waals surface area contributed by atoms with Crippen LogP contribution in [0.5, 0.6) is 0 Å². The van der Waals surface area contributed by atoms with Gasteiger partial charge in [-0.2, -0.15) is 0 Å². The van der Waals surface area contributed by atoms with Crippen LogP contribution in [-0.2, 0) is 0 Å². The lowest BCUT2D eigenvalue weighted by Crippen LogP contribution is -2.04. The van der Waals surface area contributed by atoms with E-state index >= 15 is 0 Å². The fourth-order valence-electron chi connectivity index (χ4n) is 1.62. The van der Waals surface area contributed by atoms with E-state index in [1.54, 1.807) is 0 Å². The topological polar surface area (TPSA) is 0 Å². The number of rotatable bonds is 1. The van der Waals surface area contributed by atoms with Gasteiger partial charge in [0.2, 0.25) is 0 Å². The predicted molar refractivity (Wildman–Crippen MR) is 166 cm³/mol. The van der Waals surface area contributed by atoms with Gasteiger partial charge >= 0.3 is 0 Å². The first kappa shape index (κ1) is 22.3. The highest BCUT2D eigenvalue weighted by Crippen LogP contribution is 2.44. The molecule has 0 fully saturated rings. The van der Waals surface area contributed by atoms with Crippen molar-refractivity contribution in [2.24, 2.45) is 0 Å². The molecule has 0 aromatic heterocycles. The van der Waals surface area contributed by atoms with E-state index < -0.39 is 0 Å². The Bertz CT molecular complexity index is 696. The van der Waals surface area contributed by atoms with Crippen molar-refractivity contribution in [3.8, 4) is 11.1 Å². The largest absolute Gasteiger partial charge is 0.0431 e. The Morgan fingerprint density at radius 2 is 0.667 bits per heavy atom. The van der Waals surface area contributed by atoms with Crippen LogP contribution in [0.2, 0.25) is 0 Å². The van der Waals surface area contributed by atoms with Gasteiger partial charge in [0.1, 0.15) is 0 Å². The molecule has 0 unspecified atom stereocenters. The number of benzene rings is 2. The minimum Gasteiger partial charge on any atom is -0.0431 e. The second-order valence-corrected chi connectivity index (χ2v) is 13.7. The normalized spacial score (nSPS) is 11.1. The second kappa shape index (κ2) is 9.47. The van der Waals surface area contributed by atoms with E-state index in [0.29, 0.717) is 0 Å². The fourth-order valence-corrected chi connectivity index (χ4v) is 10.6. The summed E-state index contributed by atoms with van der Waals surface area (Å²) in [6.07, 6.45) is 0. The molecule has 2 aromatic carbocycles. The Kier molecular flexibility index (Phi) is 10.1. The second-order valence-electron chi connectivity index (χ2n) is 3.79. The van der Waals surface area contributed by atoms with Gasteiger partial charge in [0.25, 0.3) is 0 Å². The van der Waals surface area contributed by atoms with Crippen molar-refractivity contribution in [2.75, 3.05) is 0 Å². The van der Waals surface area contributed by atoms with Gasteiger partial charge in [-0.15, -0.1) is 0 Å². The maximum atomic E-state index is 2.50. The molecule has 0 atom stereocenters. The Labute approximate surface area is 246 Å². The summed E-state index contributed by atoms with van der Waals surface area (Å²) in [7, 11) is 0. The van der Waals surface area contributed by atoms with Gasteiger partial charge in [0, 0.05) is 43.3 Å². The predicted octanol–water partition coefficient (Wildman–Crippen LogP) is 8.79. The minimum atomic E-state index is 1.32. The molecule has 0 amide bonds. The van der Waals surface area contributed by atoms with Gasteiger partial charge < -0.3 is 0 Å². The van der Waals surface area contributed by atoms with Crippen LogP contribution in [0.1, 0.15) is 0 Å². The summed E-state index contributed by atoms with van der Waals surface area (Å²) in [6, 6.07) is 2.26. The minimum absolute atomic E-state index is 1.32. The summed E-state index contributed by atoms with van der Waals surface area (Å²) in [5.74, 6) is 0. The monoisotopic (exact) mass is 1290 g/mol. The first-order valence-corrected chi connectivity index (χ1v) is 14.7. The fraction of sp³-hybridized carbons (Fsp3) is 0. The first-order valence-electron chi connectivity index (χ1n) is 5.03. The van der Waals surface area contributed by atoms with Gasteiger partial charge in [-0.3, -0.25) is 0 Å². The van der Waals surface area contributed by atoms with Crippen LogP contribution in [0.25, 0.3) is 11.1 Å². The van der Waals surface area contributed by atoms with Gasteiger partial charge in [-0.25, -0.2) is 0 Å². The van der Waals surface area contributed by atoms with Crippen molar-refractivity contribution < 1.29 is 0 Å². The van der Waals surface area contributed by atoms with Crippen LogP contribution >= 0.6 is 203 Å². The zero-order valence-electron chi connectivity index (χ0n) is 9.48. The number of hydrogen-bond donors (Lipinski definition) is 0. The zero-order chi connectivity index (χ0) is 16.1. The number of hydrogen-bond acceptors (Lipinski definition) is 0. The Morgan fingerprint density at radius 1 is 0.381 bits per heavy atom. The molecule has 0 aliphatic rings. The quantitative estimate of drug-likeness (QED) is 0.152. The van der Waals surface area contributed by atoms with Gasteiger partial charge in [-0.1, -0.05) is 0 Å². The van der Waals surface area contributed by atoms with E-state index in [1.165, 1.54) is 43.3 Å². The van der Waals surface area contributed by atoms with Crippen molar-refractivity contribution in [1.29, 1.82) is 0 Å². The van der Waals surface area contributed by atoms with E-state index in [9.17, 15) is 0 Å². The highest BCUT2D eigenvalue weighted by molar-refractivity contribution is 14.1. The summed E-state index contributed by atoms with van der Waals surface area (Å²) in [5, 5.41) is 0. The molecule has 0 nitrogen and oxygen atoms in total. The summed E-state index contributed by atoms with van der Waals surface area (Å²) in [4.78, 5) is 0. The molecule has 0 saturated carbocycles. The molecule has 0 radical (unpaired) electrons. The van der Waals surface area contributed by atoms with Crippen LogP contribution in [0.4, 0.5) is 0 Å². The molecule has 2 aromatic rings. The van der Waals surface area contributed by atoms with E-state index in [2.05, 4.69) is 209 Å². The van der Waals surface area contributed by atoms with Crippen molar-refractivity contribution >= 4 is 203 Å². The molecule has 0 aliphatic heterocycles. The standard InChI is InChI=1S/C12HI9/c13-2-1-3(14)7(16)4(6(2)15)5-8(17)10(19)12(21)11(20)9(5)18/h1H. The molecule has 0 N–H and O–H groups in total. The van der Waals surface area contributed by atoms with Gasteiger partial charge in [0.05, 0.1) is 0 Å². The van der Waals surface area contributed by atoms with Crippen molar-refractivity contribution in [3.63, 3.8) is 0 Å². The molecular formula is C12HI9. The molecule has 21 heavy (non-hydrogen) atoms. The maximum absolute atomic E-state index is 2.50. The Hall–Kier alpha value is 5.01. The molecule has 9 heteroatoms. The molecule has 0 aliphatic carbocycles. The molecule has 112 valence electrons. The van der Waals surface area contributed by atoms with E-state index in [4.69, 9.17) is 0 Å². The summed E-state index contributed by atoms with van der Waals surface area (Å²) >= 11 is 22.3. The molecule has 0 bridgehead atoms. The summed E-state index contributed by atoms with van der Waals surface area (Å²) in [6.45, 7) is 0. The lowest BCUT2D eigenvalue weighted by molar-refractivity contribution is 1.39. The zero-order valence-corrected chi connectivity index (χ0v) is 28.9. The van der Waals surface area contributed by atoms with E-state index in [-0.39, 0.29) is 0 Å². The maximum Gasteiger partial charge on any atom is 0.0419 e. The highest BCUT2D eigenvalue weighted by atomic mass is 127.